The van der Waals surface area contributed by atoms with Gasteiger partial charge in [0.15, 0.2) is 5.65 Å². The van der Waals surface area contributed by atoms with E-state index in [-0.39, 0.29) is 17.4 Å². The average molecular weight is 495 g/mol. The Kier molecular flexibility index (Phi) is 5.38. The van der Waals surface area contributed by atoms with Gasteiger partial charge in [-0.2, -0.15) is 4.98 Å². The van der Waals surface area contributed by atoms with Crippen molar-refractivity contribution in [3.8, 4) is 11.3 Å². The number of aromatic nitrogens is 6. The van der Waals surface area contributed by atoms with Crippen LogP contribution >= 0.6 is 0 Å². The molecule has 1 saturated carbocycles. The van der Waals surface area contributed by atoms with Crippen molar-refractivity contribution in [1.82, 2.24) is 34.4 Å². The van der Waals surface area contributed by atoms with Gasteiger partial charge in [0.25, 0.3) is 6.43 Å². The van der Waals surface area contributed by atoms with E-state index in [0.29, 0.717) is 34.3 Å². The van der Waals surface area contributed by atoms with Gasteiger partial charge in [-0.3, -0.25) is 4.79 Å². The van der Waals surface area contributed by atoms with Gasteiger partial charge in [-0.15, -0.1) is 0 Å². The van der Waals surface area contributed by atoms with E-state index >= 15 is 0 Å². The smallest absolute Gasteiger partial charge is 0.256 e. The minimum Gasteiger partial charge on any atom is -0.351 e. The molecule has 0 unspecified atom stereocenters. The molecule has 0 spiro atoms. The fourth-order valence-corrected chi connectivity index (χ4v) is 5.60. The molecule has 11 heteroatoms. The van der Waals surface area contributed by atoms with Gasteiger partial charge in [-0.25, -0.2) is 23.7 Å². The Morgan fingerprint density at radius 1 is 1.22 bits per heavy atom. The lowest BCUT2D eigenvalue weighted by molar-refractivity contribution is -0.145. The highest BCUT2D eigenvalue weighted by atomic mass is 19.3. The Morgan fingerprint density at radius 3 is 2.75 bits per heavy atom. The van der Waals surface area contributed by atoms with Crippen LogP contribution in [0.1, 0.15) is 38.4 Å². The summed E-state index contributed by atoms with van der Waals surface area (Å²) < 4.78 is 27.6. The second-order valence-electron chi connectivity index (χ2n) is 10.2. The lowest BCUT2D eigenvalue weighted by Gasteiger charge is -2.45. The number of halogens is 2. The molecule has 36 heavy (non-hydrogen) atoms. The fraction of sp³-hybridized carbons (Fsp3) is 0.480. The molecule has 1 aliphatic carbocycles. The summed E-state index contributed by atoms with van der Waals surface area (Å²) in [7, 11) is 0. The number of hydrogen-bond acceptors (Lipinski definition) is 6. The second kappa shape index (κ2) is 8.49. The number of anilines is 1. The molecular formula is C25H28F2N8O. The number of aromatic amines is 1. The number of carbonyl (C=O) groups excluding carboxylic acids is 1. The number of aryl methyl sites for hydroxylation is 1. The van der Waals surface area contributed by atoms with Crippen molar-refractivity contribution in [3.05, 3.63) is 30.4 Å². The topological polar surface area (TPSA) is 105 Å². The zero-order valence-electron chi connectivity index (χ0n) is 20.3. The number of rotatable bonds is 6. The Balaban J connectivity index is 1.20. The zero-order valence-corrected chi connectivity index (χ0v) is 20.3. The highest BCUT2D eigenvalue weighted by Gasteiger charge is 2.48. The molecule has 9 nitrogen and oxygen atoms in total. The van der Waals surface area contributed by atoms with Crippen LogP contribution in [-0.2, 0) is 11.3 Å². The molecule has 0 aromatic carbocycles. The summed E-state index contributed by atoms with van der Waals surface area (Å²) in [4.78, 5) is 36.1. The predicted molar refractivity (Wildman–Crippen MR) is 132 cm³/mol. The summed E-state index contributed by atoms with van der Waals surface area (Å²) in [6.45, 7) is 5.04. The summed E-state index contributed by atoms with van der Waals surface area (Å²) in [6, 6.07) is 3.76. The van der Waals surface area contributed by atoms with Gasteiger partial charge in [0.1, 0.15) is 17.0 Å². The number of nitrogens with one attached hydrogen (secondary N) is 2. The summed E-state index contributed by atoms with van der Waals surface area (Å²) in [5.41, 5.74) is 2.75. The van der Waals surface area contributed by atoms with E-state index in [1.807, 2.05) is 17.9 Å². The molecule has 0 bridgehead atoms. The summed E-state index contributed by atoms with van der Waals surface area (Å²) in [5.74, 6) is 1.27. The van der Waals surface area contributed by atoms with Crippen molar-refractivity contribution in [1.29, 1.82) is 0 Å². The Hall–Kier alpha value is -3.63. The monoisotopic (exact) mass is 494 g/mol. The van der Waals surface area contributed by atoms with Crippen LogP contribution in [0.25, 0.3) is 33.5 Å². The number of carbonyl (C=O) groups is 1. The van der Waals surface area contributed by atoms with E-state index in [1.54, 1.807) is 25.4 Å². The first kappa shape index (κ1) is 22.8. The number of imidazole rings is 1. The van der Waals surface area contributed by atoms with E-state index < -0.39 is 13.0 Å². The van der Waals surface area contributed by atoms with Crippen molar-refractivity contribution in [2.24, 2.45) is 5.41 Å². The molecule has 0 atom stereocenters. The van der Waals surface area contributed by atoms with Crippen LogP contribution in [0.15, 0.2) is 24.5 Å². The second-order valence-corrected chi connectivity index (χ2v) is 10.2. The minimum atomic E-state index is -2.49. The van der Waals surface area contributed by atoms with E-state index in [0.717, 1.165) is 49.7 Å². The number of likely N-dealkylation sites (tertiary alicyclic amines) is 1. The van der Waals surface area contributed by atoms with Gasteiger partial charge in [0.2, 0.25) is 11.9 Å². The fourth-order valence-electron chi connectivity index (χ4n) is 5.60. The number of H-pyrrole nitrogens is 1. The standard InChI is InChI=1S/C25H28F2N8O/c1-14-30-19-6-5-18(32-22(19)35(14)13-20(26)27)16-11-28-21-17(16)12-29-24(33-21)31-15-9-25(2,10-15)23(36)34-7-3-4-8-34/h5-6,11-12,15,20H,3-4,7-10,13H2,1-2H3,(H2,28,29,31,33)/t15-,25-. The highest BCUT2D eigenvalue weighted by Crippen LogP contribution is 2.44. The Labute approximate surface area is 206 Å². The Bertz CT molecular complexity index is 1450. The molecule has 6 rings (SSSR count). The van der Waals surface area contributed by atoms with Crippen molar-refractivity contribution < 1.29 is 13.6 Å². The highest BCUT2D eigenvalue weighted by molar-refractivity contribution is 5.93. The van der Waals surface area contributed by atoms with Crippen molar-refractivity contribution in [2.45, 2.75) is 58.5 Å². The van der Waals surface area contributed by atoms with E-state index in [2.05, 4.69) is 30.2 Å². The third-order valence-corrected chi connectivity index (χ3v) is 7.45. The van der Waals surface area contributed by atoms with E-state index in [4.69, 9.17) is 0 Å². The third-order valence-electron chi connectivity index (χ3n) is 7.45. The first-order valence-electron chi connectivity index (χ1n) is 12.3. The summed E-state index contributed by atoms with van der Waals surface area (Å²) in [6.07, 6.45) is 4.75. The number of alkyl halides is 2. The SMILES string of the molecule is Cc1nc2ccc(-c3c[nH]c4nc(N[C@H]5C[C@](C)(C(=O)N6CCCC6)C5)ncc34)nc2n1CC(F)F. The maximum Gasteiger partial charge on any atom is 0.256 e. The maximum atomic E-state index is 13.1. The summed E-state index contributed by atoms with van der Waals surface area (Å²) in [5, 5.41) is 4.15. The molecule has 188 valence electrons. The minimum absolute atomic E-state index is 0.149. The number of amides is 1. The first-order valence-corrected chi connectivity index (χ1v) is 12.3. The predicted octanol–water partition coefficient (Wildman–Crippen LogP) is 4.15. The van der Waals surface area contributed by atoms with Crippen molar-refractivity contribution in [3.63, 3.8) is 0 Å². The zero-order chi connectivity index (χ0) is 25.0. The van der Waals surface area contributed by atoms with Gasteiger partial charge in [-0.05, 0) is 44.7 Å². The lowest BCUT2D eigenvalue weighted by atomic mass is 9.66. The van der Waals surface area contributed by atoms with Gasteiger partial charge >= 0.3 is 0 Å². The maximum absolute atomic E-state index is 13.1. The largest absolute Gasteiger partial charge is 0.351 e. The molecule has 1 aliphatic heterocycles. The molecule has 2 fully saturated rings. The number of pyridine rings is 1. The molecular weight excluding hydrogens is 466 g/mol. The van der Waals surface area contributed by atoms with Crippen LogP contribution in [0.5, 0.6) is 0 Å². The number of nitrogens with zero attached hydrogens (tertiary/aromatic N) is 6. The van der Waals surface area contributed by atoms with Crippen LogP contribution in [0.2, 0.25) is 0 Å². The van der Waals surface area contributed by atoms with Gasteiger partial charge in [0.05, 0.1) is 17.7 Å². The van der Waals surface area contributed by atoms with Crippen LogP contribution in [0.3, 0.4) is 0 Å². The quantitative estimate of drug-likeness (QED) is 0.417. The number of fused-ring (bicyclic) bond motifs is 2. The molecule has 2 aliphatic rings. The lowest BCUT2D eigenvalue weighted by Crippen LogP contribution is -2.53. The van der Waals surface area contributed by atoms with Crippen LogP contribution in [0.4, 0.5) is 14.7 Å². The molecule has 0 radical (unpaired) electrons. The van der Waals surface area contributed by atoms with Crippen LogP contribution in [-0.4, -0.2) is 65.9 Å². The first-order chi connectivity index (χ1) is 17.3. The van der Waals surface area contributed by atoms with Crippen molar-refractivity contribution >= 4 is 34.1 Å². The normalized spacial score (nSPS) is 22.0. The molecule has 1 saturated heterocycles. The molecule has 4 aromatic rings. The van der Waals surface area contributed by atoms with Gasteiger partial charge in [-0.1, -0.05) is 6.92 Å². The number of hydrogen-bond donors (Lipinski definition) is 2. The summed E-state index contributed by atoms with van der Waals surface area (Å²) >= 11 is 0. The molecule has 4 aromatic heterocycles. The van der Waals surface area contributed by atoms with Gasteiger partial charge in [0, 0.05) is 42.5 Å². The van der Waals surface area contributed by atoms with E-state index in [9.17, 15) is 13.6 Å². The van der Waals surface area contributed by atoms with Gasteiger partial charge < -0.3 is 19.8 Å². The third kappa shape index (κ3) is 3.86. The Morgan fingerprint density at radius 2 is 2.00 bits per heavy atom. The van der Waals surface area contributed by atoms with Crippen molar-refractivity contribution in [2.75, 3.05) is 18.4 Å². The average Bonchev–Trinajstić information content (AvgIpc) is 3.56. The van der Waals surface area contributed by atoms with Crippen LogP contribution < -0.4 is 5.32 Å². The van der Waals surface area contributed by atoms with E-state index in [1.165, 1.54) is 4.57 Å². The molecule has 2 N–H and O–H groups in total. The van der Waals surface area contributed by atoms with Crippen LogP contribution in [0, 0.1) is 12.3 Å². The molecule has 1 amide bonds. The molecule has 5 heterocycles.